The van der Waals surface area contributed by atoms with Crippen molar-refractivity contribution in [3.8, 4) is 5.75 Å². The van der Waals surface area contributed by atoms with Gasteiger partial charge in [-0.05, 0) is 23.8 Å². The molecule has 1 aromatic heterocycles. The minimum atomic E-state index is -4.77. The van der Waals surface area contributed by atoms with Gasteiger partial charge in [-0.2, -0.15) is 0 Å². The van der Waals surface area contributed by atoms with Crippen LogP contribution in [0.2, 0.25) is 5.15 Å². The predicted molar refractivity (Wildman–Crippen MR) is 66.4 cm³/mol. The molecule has 20 heavy (non-hydrogen) atoms. The molecule has 0 aliphatic rings. The first-order chi connectivity index (χ1) is 9.35. The van der Waals surface area contributed by atoms with E-state index in [1.165, 1.54) is 30.5 Å². The molecule has 0 saturated heterocycles. The third kappa shape index (κ3) is 3.85. The highest BCUT2D eigenvalue weighted by atomic mass is 35.5. The van der Waals surface area contributed by atoms with Crippen LogP contribution in [0, 0.1) is 0 Å². The molecule has 2 rings (SSSR count). The third-order valence-corrected chi connectivity index (χ3v) is 2.70. The summed E-state index contributed by atoms with van der Waals surface area (Å²) in [4.78, 5) is 3.80. The molecule has 106 valence electrons. The fourth-order valence-electron chi connectivity index (χ4n) is 1.62. The van der Waals surface area contributed by atoms with E-state index in [-0.39, 0.29) is 10.7 Å². The van der Waals surface area contributed by atoms with Crippen molar-refractivity contribution >= 4 is 11.6 Å². The van der Waals surface area contributed by atoms with Gasteiger partial charge in [0.1, 0.15) is 17.0 Å². The summed E-state index contributed by atoms with van der Waals surface area (Å²) in [6.45, 7) is 0. The number of alkyl halides is 3. The van der Waals surface area contributed by atoms with Crippen molar-refractivity contribution < 1.29 is 23.0 Å². The van der Waals surface area contributed by atoms with Crippen molar-refractivity contribution in [2.24, 2.45) is 0 Å². The highest BCUT2D eigenvalue weighted by Crippen LogP contribution is 2.28. The molecule has 2 aromatic rings. The Morgan fingerprint density at radius 2 is 1.90 bits per heavy atom. The SMILES string of the molecule is OC(c1ccc(Cl)nc1)c1cccc(OC(F)(F)F)c1. The molecule has 0 saturated carbocycles. The van der Waals surface area contributed by atoms with Gasteiger partial charge < -0.3 is 9.84 Å². The first-order valence-corrected chi connectivity index (χ1v) is 5.88. The maximum atomic E-state index is 12.1. The Kier molecular flexibility index (Phi) is 4.15. The predicted octanol–water partition coefficient (Wildman–Crippen LogP) is 3.72. The van der Waals surface area contributed by atoms with Crippen molar-refractivity contribution in [1.29, 1.82) is 0 Å². The summed E-state index contributed by atoms with van der Waals surface area (Å²) in [6, 6.07) is 8.15. The Bertz CT molecular complexity index is 587. The second-order valence-corrected chi connectivity index (χ2v) is 4.32. The van der Waals surface area contributed by atoms with Crippen LogP contribution in [0.3, 0.4) is 0 Å². The van der Waals surface area contributed by atoms with E-state index < -0.39 is 18.2 Å². The van der Waals surface area contributed by atoms with Crippen molar-refractivity contribution in [2.45, 2.75) is 12.5 Å². The first kappa shape index (κ1) is 14.6. The Balaban J connectivity index is 2.24. The van der Waals surface area contributed by atoms with Gasteiger partial charge in [-0.15, -0.1) is 13.2 Å². The van der Waals surface area contributed by atoms with Crippen molar-refractivity contribution in [1.82, 2.24) is 4.98 Å². The average molecular weight is 304 g/mol. The van der Waals surface area contributed by atoms with Crippen LogP contribution in [0.1, 0.15) is 17.2 Å². The summed E-state index contributed by atoms with van der Waals surface area (Å²) >= 11 is 5.62. The zero-order valence-corrected chi connectivity index (χ0v) is 10.7. The van der Waals surface area contributed by atoms with E-state index >= 15 is 0 Å². The average Bonchev–Trinajstić information content (AvgIpc) is 2.37. The minimum absolute atomic E-state index is 0.259. The summed E-state index contributed by atoms with van der Waals surface area (Å²) in [6.07, 6.45) is -4.54. The number of rotatable bonds is 3. The van der Waals surface area contributed by atoms with Crippen LogP contribution in [-0.2, 0) is 0 Å². The molecule has 1 unspecified atom stereocenters. The second kappa shape index (κ2) is 5.68. The van der Waals surface area contributed by atoms with E-state index in [1.807, 2.05) is 0 Å². The van der Waals surface area contributed by atoms with Crippen molar-refractivity contribution in [3.05, 3.63) is 58.9 Å². The van der Waals surface area contributed by atoms with Crippen LogP contribution in [-0.4, -0.2) is 16.5 Å². The lowest BCUT2D eigenvalue weighted by Gasteiger charge is -2.14. The number of aliphatic hydroxyl groups is 1. The molecule has 0 aliphatic carbocycles. The van der Waals surface area contributed by atoms with Gasteiger partial charge in [0, 0.05) is 11.8 Å². The molecule has 0 bridgehead atoms. The molecule has 1 aromatic carbocycles. The summed E-state index contributed by atoms with van der Waals surface area (Å²) < 4.78 is 40.2. The quantitative estimate of drug-likeness (QED) is 0.879. The zero-order valence-electron chi connectivity index (χ0n) is 9.93. The largest absolute Gasteiger partial charge is 0.573 e. The van der Waals surface area contributed by atoms with Crippen LogP contribution in [0.15, 0.2) is 42.6 Å². The van der Waals surface area contributed by atoms with E-state index in [9.17, 15) is 18.3 Å². The smallest absolute Gasteiger partial charge is 0.406 e. The van der Waals surface area contributed by atoms with Gasteiger partial charge in [0.15, 0.2) is 0 Å². The second-order valence-electron chi connectivity index (χ2n) is 3.94. The Morgan fingerprint density at radius 1 is 1.15 bits per heavy atom. The monoisotopic (exact) mass is 303 g/mol. The van der Waals surface area contributed by atoms with Gasteiger partial charge in [0.25, 0.3) is 0 Å². The molecule has 0 fully saturated rings. The minimum Gasteiger partial charge on any atom is -0.406 e. The maximum absolute atomic E-state index is 12.1. The summed E-state index contributed by atoms with van der Waals surface area (Å²) in [5.41, 5.74) is 0.675. The first-order valence-electron chi connectivity index (χ1n) is 5.50. The summed E-state index contributed by atoms with van der Waals surface area (Å²) in [5, 5.41) is 10.3. The van der Waals surface area contributed by atoms with Gasteiger partial charge in [0.05, 0.1) is 0 Å². The molecule has 7 heteroatoms. The van der Waals surface area contributed by atoms with Crippen LogP contribution in [0.5, 0.6) is 5.75 Å². The number of hydrogen-bond acceptors (Lipinski definition) is 3. The Morgan fingerprint density at radius 3 is 2.50 bits per heavy atom. The van der Waals surface area contributed by atoms with E-state index in [0.717, 1.165) is 12.1 Å². The lowest BCUT2D eigenvalue weighted by Crippen LogP contribution is -2.17. The highest BCUT2D eigenvalue weighted by Gasteiger charge is 2.31. The molecule has 1 atom stereocenters. The van der Waals surface area contributed by atoms with Gasteiger partial charge in [0.2, 0.25) is 0 Å². The lowest BCUT2D eigenvalue weighted by molar-refractivity contribution is -0.274. The number of aromatic nitrogens is 1. The number of ether oxygens (including phenoxy) is 1. The number of benzene rings is 1. The van der Waals surface area contributed by atoms with Crippen molar-refractivity contribution in [2.75, 3.05) is 0 Å². The number of halogens is 4. The molecule has 0 aliphatic heterocycles. The van der Waals surface area contributed by atoms with Crippen LogP contribution in [0.4, 0.5) is 13.2 Å². The van der Waals surface area contributed by atoms with Crippen LogP contribution >= 0.6 is 11.6 Å². The number of hydrogen-bond donors (Lipinski definition) is 1. The fraction of sp³-hybridized carbons (Fsp3) is 0.154. The van der Waals surface area contributed by atoms with Crippen LogP contribution in [0.25, 0.3) is 0 Å². The topological polar surface area (TPSA) is 42.4 Å². The third-order valence-electron chi connectivity index (χ3n) is 2.47. The number of pyridine rings is 1. The van der Waals surface area contributed by atoms with Gasteiger partial charge in [-0.3, -0.25) is 0 Å². The van der Waals surface area contributed by atoms with Gasteiger partial charge in [-0.25, -0.2) is 4.98 Å². The standard InChI is InChI=1S/C13H9ClF3NO2/c14-11-5-4-9(7-18-11)12(19)8-2-1-3-10(6-8)20-13(15,16)17/h1-7,12,19H. The number of nitrogens with zero attached hydrogens (tertiary/aromatic N) is 1. The molecule has 0 amide bonds. The molecular formula is C13H9ClF3NO2. The van der Waals surface area contributed by atoms with E-state index in [4.69, 9.17) is 11.6 Å². The lowest BCUT2D eigenvalue weighted by atomic mass is 10.0. The van der Waals surface area contributed by atoms with Gasteiger partial charge in [-0.1, -0.05) is 29.8 Å². The molecule has 0 radical (unpaired) electrons. The highest BCUT2D eigenvalue weighted by molar-refractivity contribution is 6.29. The molecule has 1 N–H and O–H groups in total. The zero-order chi connectivity index (χ0) is 14.8. The van der Waals surface area contributed by atoms with Crippen molar-refractivity contribution in [3.63, 3.8) is 0 Å². The molecule has 3 nitrogen and oxygen atoms in total. The molecule has 0 spiro atoms. The summed E-state index contributed by atoms with van der Waals surface area (Å²) in [5.74, 6) is -0.393. The van der Waals surface area contributed by atoms with Crippen LogP contribution < -0.4 is 4.74 Å². The van der Waals surface area contributed by atoms with E-state index in [1.54, 1.807) is 0 Å². The molecule has 1 heterocycles. The maximum Gasteiger partial charge on any atom is 0.573 e. The summed E-state index contributed by atoms with van der Waals surface area (Å²) in [7, 11) is 0. The normalized spacial score (nSPS) is 13.1. The van der Waals surface area contributed by atoms with E-state index in [0.29, 0.717) is 5.56 Å². The Hall–Kier alpha value is -1.79. The fourth-order valence-corrected chi connectivity index (χ4v) is 1.73. The number of aliphatic hydroxyl groups excluding tert-OH is 1. The molecular weight excluding hydrogens is 295 g/mol. The van der Waals surface area contributed by atoms with Gasteiger partial charge >= 0.3 is 6.36 Å². The Labute approximate surface area is 117 Å². The van der Waals surface area contributed by atoms with E-state index in [2.05, 4.69) is 9.72 Å².